The van der Waals surface area contributed by atoms with Crippen molar-refractivity contribution in [1.82, 2.24) is 4.90 Å². The van der Waals surface area contributed by atoms with Gasteiger partial charge in [0.2, 0.25) is 5.91 Å². The van der Waals surface area contributed by atoms with Gasteiger partial charge in [-0.3, -0.25) is 9.59 Å². The quantitative estimate of drug-likeness (QED) is 0.797. The van der Waals surface area contributed by atoms with E-state index in [-0.39, 0.29) is 17.7 Å². The highest BCUT2D eigenvalue weighted by Crippen LogP contribution is 2.22. The molecule has 1 aliphatic rings. The van der Waals surface area contributed by atoms with Gasteiger partial charge in [0, 0.05) is 24.9 Å². The van der Waals surface area contributed by atoms with Gasteiger partial charge in [0.15, 0.2) is 5.78 Å². The molecule has 3 rings (SSSR count). The zero-order valence-electron chi connectivity index (χ0n) is 12.4. The van der Waals surface area contributed by atoms with Crippen molar-refractivity contribution in [3.63, 3.8) is 0 Å². The van der Waals surface area contributed by atoms with E-state index in [1.54, 1.807) is 11.2 Å². The van der Waals surface area contributed by atoms with E-state index >= 15 is 0 Å². The molecule has 0 bridgehead atoms. The normalized spacial score (nSPS) is 17.6. The van der Waals surface area contributed by atoms with E-state index in [1.807, 2.05) is 42.5 Å². The summed E-state index contributed by atoms with van der Waals surface area (Å²) in [6.07, 6.45) is 4.20. The molecule has 1 unspecified atom stereocenters. The molecular formula is C18H19NO3. The molecule has 4 heteroatoms. The number of Topliss-reactive ketones (excluding diaryl/α,β-unsaturated/α-hetero) is 1. The van der Waals surface area contributed by atoms with Gasteiger partial charge in [-0.25, -0.2) is 0 Å². The summed E-state index contributed by atoms with van der Waals surface area (Å²) in [7, 11) is 0. The van der Waals surface area contributed by atoms with E-state index in [0.717, 1.165) is 18.6 Å². The first-order chi connectivity index (χ1) is 10.8. The fourth-order valence-electron chi connectivity index (χ4n) is 2.96. The van der Waals surface area contributed by atoms with Crippen molar-refractivity contribution in [2.75, 3.05) is 6.54 Å². The number of hydrogen-bond acceptors (Lipinski definition) is 3. The molecule has 0 radical (unpaired) electrons. The lowest BCUT2D eigenvalue weighted by Crippen LogP contribution is -2.40. The lowest BCUT2D eigenvalue weighted by atomic mass is 10.0. The molecule has 0 saturated carbocycles. The van der Waals surface area contributed by atoms with Crippen LogP contribution in [-0.4, -0.2) is 29.2 Å². The average molecular weight is 297 g/mol. The van der Waals surface area contributed by atoms with Gasteiger partial charge < -0.3 is 9.32 Å². The third-order valence-electron chi connectivity index (χ3n) is 4.10. The van der Waals surface area contributed by atoms with Crippen molar-refractivity contribution in [1.29, 1.82) is 0 Å². The molecule has 114 valence electrons. The van der Waals surface area contributed by atoms with Crippen molar-refractivity contribution in [2.24, 2.45) is 0 Å². The van der Waals surface area contributed by atoms with Crippen molar-refractivity contribution in [3.8, 4) is 0 Å². The Balaban J connectivity index is 1.65. The van der Waals surface area contributed by atoms with Gasteiger partial charge in [-0.05, 0) is 25.0 Å². The van der Waals surface area contributed by atoms with Gasteiger partial charge in [0.1, 0.15) is 5.76 Å². The number of carbonyl (C=O) groups is 2. The van der Waals surface area contributed by atoms with Crippen molar-refractivity contribution < 1.29 is 14.0 Å². The molecule has 1 fully saturated rings. The predicted molar refractivity (Wildman–Crippen MR) is 82.5 cm³/mol. The van der Waals surface area contributed by atoms with Crippen LogP contribution < -0.4 is 0 Å². The van der Waals surface area contributed by atoms with Crippen LogP contribution in [0.15, 0.2) is 53.1 Å². The monoisotopic (exact) mass is 297 g/mol. The number of hydrogen-bond donors (Lipinski definition) is 0. The van der Waals surface area contributed by atoms with Gasteiger partial charge in [0.05, 0.1) is 12.3 Å². The Morgan fingerprint density at radius 1 is 1.14 bits per heavy atom. The van der Waals surface area contributed by atoms with Crippen LogP contribution in [0.2, 0.25) is 0 Å². The molecule has 1 aromatic heterocycles. The van der Waals surface area contributed by atoms with Gasteiger partial charge >= 0.3 is 0 Å². The van der Waals surface area contributed by atoms with E-state index in [2.05, 4.69) is 0 Å². The fraction of sp³-hybridized carbons (Fsp3) is 0.333. The van der Waals surface area contributed by atoms with Crippen LogP contribution in [0.25, 0.3) is 0 Å². The van der Waals surface area contributed by atoms with E-state index in [9.17, 15) is 9.59 Å². The molecule has 4 nitrogen and oxygen atoms in total. The minimum atomic E-state index is -0.313. The van der Waals surface area contributed by atoms with Gasteiger partial charge in [-0.15, -0.1) is 0 Å². The lowest BCUT2D eigenvalue weighted by Gasteiger charge is -2.23. The van der Waals surface area contributed by atoms with E-state index in [0.29, 0.717) is 24.9 Å². The minimum Gasteiger partial charge on any atom is -0.469 e. The summed E-state index contributed by atoms with van der Waals surface area (Å²) in [5.41, 5.74) is 0.679. The maximum atomic E-state index is 12.6. The van der Waals surface area contributed by atoms with Crippen LogP contribution in [0.4, 0.5) is 0 Å². The number of furan rings is 1. The zero-order valence-corrected chi connectivity index (χ0v) is 12.4. The molecular weight excluding hydrogens is 278 g/mol. The Morgan fingerprint density at radius 2 is 1.95 bits per heavy atom. The molecule has 1 aromatic carbocycles. The number of benzene rings is 1. The SMILES string of the molecule is O=C(c1ccccc1)C1CCCN1C(=O)CCc1ccco1. The maximum Gasteiger partial charge on any atom is 0.223 e. The Morgan fingerprint density at radius 3 is 2.68 bits per heavy atom. The Bertz CT molecular complexity index is 634. The first-order valence-corrected chi connectivity index (χ1v) is 7.67. The smallest absolute Gasteiger partial charge is 0.223 e. The summed E-state index contributed by atoms with van der Waals surface area (Å²) in [6.45, 7) is 0.667. The number of ketones is 1. The second kappa shape index (κ2) is 6.60. The Hall–Kier alpha value is -2.36. The third-order valence-corrected chi connectivity index (χ3v) is 4.10. The molecule has 1 saturated heterocycles. The molecule has 22 heavy (non-hydrogen) atoms. The maximum absolute atomic E-state index is 12.6. The molecule has 0 spiro atoms. The van der Waals surface area contributed by atoms with Gasteiger partial charge in [-0.2, -0.15) is 0 Å². The molecule has 1 atom stereocenters. The minimum absolute atomic E-state index is 0.0307. The molecule has 1 amide bonds. The highest BCUT2D eigenvalue weighted by Gasteiger charge is 2.34. The summed E-state index contributed by atoms with van der Waals surface area (Å²) in [5, 5.41) is 0. The number of nitrogens with zero attached hydrogens (tertiary/aromatic N) is 1. The summed E-state index contributed by atoms with van der Waals surface area (Å²) in [6, 6.07) is 12.6. The molecule has 0 aliphatic carbocycles. The van der Waals surface area contributed by atoms with Crippen LogP contribution in [0.3, 0.4) is 0 Å². The van der Waals surface area contributed by atoms with Crippen LogP contribution in [0.1, 0.15) is 35.4 Å². The molecule has 2 heterocycles. The highest BCUT2D eigenvalue weighted by atomic mass is 16.3. The largest absolute Gasteiger partial charge is 0.469 e. The number of amides is 1. The summed E-state index contributed by atoms with van der Waals surface area (Å²) in [4.78, 5) is 26.7. The fourth-order valence-corrected chi connectivity index (χ4v) is 2.96. The first kappa shape index (κ1) is 14.6. The average Bonchev–Trinajstić information content (AvgIpc) is 3.24. The van der Waals surface area contributed by atoms with Crippen molar-refractivity contribution in [2.45, 2.75) is 31.7 Å². The first-order valence-electron chi connectivity index (χ1n) is 7.67. The summed E-state index contributed by atoms with van der Waals surface area (Å²) >= 11 is 0. The third kappa shape index (κ3) is 3.11. The number of carbonyl (C=O) groups excluding carboxylic acids is 2. The van der Waals surface area contributed by atoms with Crippen LogP contribution in [-0.2, 0) is 11.2 Å². The van der Waals surface area contributed by atoms with Crippen molar-refractivity contribution in [3.05, 3.63) is 60.1 Å². The van der Waals surface area contributed by atoms with Crippen LogP contribution in [0, 0.1) is 0 Å². The van der Waals surface area contributed by atoms with Crippen LogP contribution in [0.5, 0.6) is 0 Å². The number of likely N-dealkylation sites (tertiary alicyclic amines) is 1. The van der Waals surface area contributed by atoms with Gasteiger partial charge in [-0.1, -0.05) is 30.3 Å². The summed E-state index contributed by atoms with van der Waals surface area (Å²) in [5.74, 6) is 0.881. The van der Waals surface area contributed by atoms with Crippen molar-refractivity contribution >= 4 is 11.7 Å². The van der Waals surface area contributed by atoms with E-state index in [1.165, 1.54) is 0 Å². The second-order valence-corrected chi connectivity index (χ2v) is 5.55. The summed E-state index contributed by atoms with van der Waals surface area (Å²) < 4.78 is 5.25. The number of aryl methyl sites for hydroxylation is 1. The Labute approximate surface area is 129 Å². The molecule has 0 N–H and O–H groups in total. The Kier molecular flexibility index (Phi) is 4.37. The lowest BCUT2D eigenvalue weighted by molar-refractivity contribution is -0.131. The zero-order chi connectivity index (χ0) is 15.4. The topological polar surface area (TPSA) is 50.5 Å². The van der Waals surface area contributed by atoms with Gasteiger partial charge in [0.25, 0.3) is 0 Å². The standard InChI is InChI=1S/C18H19NO3/c20-17(11-10-15-8-5-13-22-15)19-12-4-9-16(19)18(21)14-6-2-1-3-7-14/h1-3,5-8,13,16H,4,9-12H2. The second-order valence-electron chi connectivity index (χ2n) is 5.55. The number of rotatable bonds is 5. The molecule has 1 aliphatic heterocycles. The van der Waals surface area contributed by atoms with E-state index < -0.39 is 0 Å². The van der Waals surface area contributed by atoms with Crippen LogP contribution >= 0.6 is 0 Å². The van der Waals surface area contributed by atoms with E-state index in [4.69, 9.17) is 4.42 Å². The highest BCUT2D eigenvalue weighted by molar-refractivity contribution is 6.02. The predicted octanol–water partition coefficient (Wildman–Crippen LogP) is 3.09. The molecule has 2 aromatic rings.